The van der Waals surface area contributed by atoms with E-state index in [2.05, 4.69) is 0 Å². The number of primary amides is 1. The molecule has 0 aliphatic carbocycles. The zero-order valence-corrected chi connectivity index (χ0v) is 8.82. The number of rotatable bonds is 2. The van der Waals surface area contributed by atoms with Crippen LogP contribution in [0.1, 0.15) is 15.9 Å². The van der Waals surface area contributed by atoms with Gasteiger partial charge in [-0.05, 0) is 12.1 Å². The lowest BCUT2D eigenvalue weighted by Crippen LogP contribution is -2.15. The summed E-state index contributed by atoms with van der Waals surface area (Å²) in [5, 5.41) is -0.314. The zero-order valence-electron chi connectivity index (χ0n) is 8.06. The molecule has 7 heteroatoms. The van der Waals surface area contributed by atoms with Crippen LogP contribution in [0.15, 0.2) is 12.1 Å². The van der Waals surface area contributed by atoms with Gasteiger partial charge < -0.3 is 10.5 Å². The zero-order chi connectivity index (χ0) is 12.5. The van der Waals surface area contributed by atoms with Gasteiger partial charge in [0, 0.05) is 0 Å². The van der Waals surface area contributed by atoms with Crippen molar-refractivity contribution >= 4 is 17.5 Å². The largest absolute Gasteiger partial charge is 0.494 e. The second kappa shape index (κ2) is 4.21. The Bertz CT molecular complexity index is 431. The number of halogens is 4. The van der Waals surface area contributed by atoms with E-state index < -0.39 is 23.2 Å². The molecule has 0 spiro atoms. The smallest absolute Gasteiger partial charge is 0.416 e. The Labute approximate surface area is 93.9 Å². The summed E-state index contributed by atoms with van der Waals surface area (Å²) in [4.78, 5) is 10.9. The fourth-order valence-electron chi connectivity index (χ4n) is 1.15. The first-order valence-corrected chi connectivity index (χ1v) is 4.39. The molecule has 88 valence electrons. The van der Waals surface area contributed by atoms with Crippen molar-refractivity contribution in [2.75, 3.05) is 7.11 Å². The second-order valence-electron chi connectivity index (χ2n) is 2.90. The quantitative estimate of drug-likeness (QED) is 0.880. The maximum Gasteiger partial charge on any atom is 0.416 e. The highest BCUT2D eigenvalue weighted by Crippen LogP contribution is 2.37. The SMILES string of the molecule is COc1c(Cl)cc(C(F)(F)F)cc1C(N)=O. The van der Waals surface area contributed by atoms with Crippen LogP contribution >= 0.6 is 11.6 Å². The van der Waals surface area contributed by atoms with Crippen molar-refractivity contribution in [2.45, 2.75) is 6.18 Å². The third-order valence-electron chi connectivity index (χ3n) is 1.84. The van der Waals surface area contributed by atoms with Crippen LogP contribution < -0.4 is 10.5 Å². The Kier molecular flexibility index (Phi) is 3.32. The molecule has 0 saturated carbocycles. The van der Waals surface area contributed by atoms with E-state index in [-0.39, 0.29) is 10.8 Å². The molecule has 16 heavy (non-hydrogen) atoms. The molecular formula is C9H7ClF3NO2. The van der Waals surface area contributed by atoms with E-state index in [0.717, 1.165) is 0 Å². The number of hydrogen-bond donors (Lipinski definition) is 1. The minimum atomic E-state index is -4.60. The Morgan fingerprint density at radius 2 is 2.00 bits per heavy atom. The highest BCUT2D eigenvalue weighted by molar-refractivity contribution is 6.32. The number of ether oxygens (including phenoxy) is 1. The van der Waals surface area contributed by atoms with Gasteiger partial charge in [0.25, 0.3) is 5.91 Å². The van der Waals surface area contributed by atoms with Crippen LogP contribution in [0.5, 0.6) is 5.75 Å². The van der Waals surface area contributed by atoms with Gasteiger partial charge >= 0.3 is 6.18 Å². The van der Waals surface area contributed by atoms with E-state index >= 15 is 0 Å². The molecule has 0 aliphatic rings. The molecule has 1 rings (SSSR count). The Hall–Kier alpha value is -1.43. The number of amides is 1. The van der Waals surface area contributed by atoms with E-state index in [1.807, 2.05) is 0 Å². The van der Waals surface area contributed by atoms with Crippen LogP contribution in [-0.2, 0) is 6.18 Å². The van der Waals surface area contributed by atoms with Crippen LogP contribution in [0.4, 0.5) is 13.2 Å². The van der Waals surface area contributed by atoms with Crippen molar-refractivity contribution in [1.29, 1.82) is 0 Å². The standard InChI is InChI=1S/C9H7ClF3NO2/c1-16-7-5(8(14)15)2-4(3-6(7)10)9(11,12)13/h2-3H,1H3,(H2,14,15). The third kappa shape index (κ3) is 2.38. The minimum absolute atomic E-state index is 0.165. The third-order valence-corrected chi connectivity index (χ3v) is 2.12. The Balaban J connectivity index is 3.46. The molecular weight excluding hydrogens is 247 g/mol. The first-order valence-electron chi connectivity index (χ1n) is 4.02. The Morgan fingerprint density at radius 1 is 1.44 bits per heavy atom. The highest BCUT2D eigenvalue weighted by atomic mass is 35.5. The first-order chi connectivity index (χ1) is 7.27. The molecule has 1 amide bonds. The number of carbonyl (C=O) groups excluding carboxylic acids is 1. The van der Waals surface area contributed by atoms with Gasteiger partial charge in [0.05, 0.1) is 23.3 Å². The summed E-state index contributed by atoms with van der Waals surface area (Å²) in [6.45, 7) is 0. The van der Waals surface area contributed by atoms with Crippen molar-refractivity contribution < 1.29 is 22.7 Å². The molecule has 1 aromatic carbocycles. The van der Waals surface area contributed by atoms with Crippen molar-refractivity contribution in [3.63, 3.8) is 0 Å². The summed E-state index contributed by atoms with van der Waals surface area (Å²) in [6.07, 6.45) is -4.60. The predicted octanol–water partition coefficient (Wildman–Crippen LogP) is 2.47. The van der Waals surface area contributed by atoms with Crippen LogP contribution in [0.25, 0.3) is 0 Å². The average molecular weight is 254 g/mol. The molecule has 0 atom stereocenters. The van der Waals surface area contributed by atoms with Crippen LogP contribution in [-0.4, -0.2) is 13.0 Å². The first kappa shape index (κ1) is 12.6. The van der Waals surface area contributed by atoms with Gasteiger partial charge in [0.1, 0.15) is 5.75 Å². The predicted molar refractivity (Wildman–Crippen MR) is 51.5 cm³/mol. The van der Waals surface area contributed by atoms with E-state index in [1.165, 1.54) is 7.11 Å². The van der Waals surface area contributed by atoms with E-state index in [1.54, 1.807) is 0 Å². The summed E-state index contributed by atoms with van der Waals surface area (Å²) in [5.74, 6) is -1.20. The summed E-state index contributed by atoms with van der Waals surface area (Å²) >= 11 is 5.55. The van der Waals surface area contributed by atoms with E-state index in [0.29, 0.717) is 12.1 Å². The molecule has 0 aromatic heterocycles. The molecule has 0 fully saturated rings. The maximum atomic E-state index is 12.4. The molecule has 0 heterocycles. The molecule has 0 unspecified atom stereocenters. The van der Waals surface area contributed by atoms with Gasteiger partial charge in [-0.2, -0.15) is 13.2 Å². The van der Waals surface area contributed by atoms with Gasteiger partial charge in [0.2, 0.25) is 0 Å². The number of alkyl halides is 3. The molecule has 0 aliphatic heterocycles. The number of methoxy groups -OCH3 is 1. The van der Waals surface area contributed by atoms with Crippen molar-refractivity contribution in [2.24, 2.45) is 5.73 Å². The average Bonchev–Trinajstić information content (AvgIpc) is 2.14. The summed E-state index contributed by atoms with van der Waals surface area (Å²) in [7, 11) is 1.18. The van der Waals surface area contributed by atoms with Gasteiger partial charge in [-0.25, -0.2) is 0 Å². The van der Waals surface area contributed by atoms with Crippen molar-refractivity contribution in [3.8, 4) is 5.75 Å². The molecule has 0 saturated heterocycles. The minimum Gasteiger partial charge on any atom is -0.494 e. The lowest BCUT2D eigenvalue weighted by atomic mass is 10.1. The number of benzene rings is 1. The second-order valence-corrected chi connectivity index (χ2v) is 3.31. The molecule has 1 aromatic rings. The van der Waals surface area contributed by atoms with Crippen molar-refractivity contribution in [1.82, 2.24) is 0 Å². The number of nitrogens with two attached hydrogens (primary N) is 1. The van der Waals surface area contributed by atoms with Crippen molar-refractivity contribution in [3.05, 3.63) is 28.3 Å². The van der Waals surface area contributed by atoms with E-state index in [9.17, 15) is 18.0 Å². The summed E-state index contributed by atoms with van der Waals surface area (Å²) in [5.41, 5.74) is 3.48. The van der Waals surface area contributed by atoms with Crippen LogP contribution in [0.3, 0.4) is 0 Å². The molecule has 0 radical (unpaired) electrons. The van der Waals surface area contributed by atoms with Gasteiger partial charge in [-0.3, -0.25) is 4.79 Å². The molecule has 3 nitrogen and oxygen atoms in total. The monoisotopic (exact) mass is 253 g/mol. The van der Waals surface area contributed by atoms with E-state index in [4.69, 9.17) is 22.1 Å². The normalized spacial score (nSPS) is 11.3. The van der Waals surface area contributed by atoms with Gasteiger partial charge in [-0.15, -0.1) is 0 Å². The number of carbonyl (C=O) groups is 1. The fourth-order valence-corrected chi connectivity index (χ4v) is 1.44. The molecule has 0 bridgehead atoms. The molecule has 2 N–H and O–H groups in total. The van der Waals surface area contributed by atoms with Gasteiger partial charge in [-0.1, -0.05) is 11.6 Å². The summed E-state index contributed by atoms with van der Waals surface area (Å²) in [6, 6.07) is 1.28. The summed E-state index contributed by atoms with van der Waals surface area (Å²) < 4.78 is 41.9. The lowest BCUT2D eigenvalue weighted by Gasteiger charge is -2.12. The Morgan fingerprint density at radius 3 is 2.38 bits per heavy atom. The lowest BCUT2D eigenvalue weighted by molar-refractivity contribution is -0.137. The van der Waals surface area contributed by atoms with Gasteiger partial charge in [0.15, 0.2) is 0 Å². The topological polar surface area (TPSA) is 52.3 Å². The fraction of sp³-hybridized carbons (Fsp3) is 0.222. The van der Waals surface area contributed by atoms with Crippen LogP contribution in [0, 0.1) is 0 Å². The number of hydrogen-bond acceptors (Lipinski definition) is 2. The highest BCUT2D eigenvalue weighted by Gasteiger charge is 2.33. The van der Waals surface area contributed by atoms with Crippen LogP contribution in [0.2, 0.25) is 5.02 Å². The maximum absolute atomic E-state index is 12.4.